The summed E-state index contributed by atoms with van der Waals surface area (Å²) in [6, 6.07) is 10.4. The van der Waals surface area contributed by atoms with Crippen LogP contribution in [0.15, 0.2) is 30.3 Å². The van der Waals surface area contributed by atoms with Gasteiger partial charge < -0.3 is 4.74 Å². The second-order valence-electron chi connectivity index (χ2n) is 3.52. The number of ether oxygens (including phenoxy) is 1. The van der Waals surface area contributed by atoms with Crippen molar-refractivity contribution in [3.63, 3.8) is 0 Å². The van der Waals surface area contributed by atoms with Gasteiger partial charge in [0.15, 0.2) is 0 Å². The molecule has 1 rings (SSSR count). The first-order chi connectivity index (χ1) is 7.33. The normalized spacial score (nSPS) is 10.9. The highest BCUT2D eigenvalue weighted by molar-refractivity contribution is 6.17. The Morgan fingerprint density at radius 3 is 2.60 bits per heavy atom. The van der Waals surface area contributed by atoms with Crippen LogP contribution in [0.3, 0.4) is 0 Å². The van der Waals surface area contributed by atoms with Crippen LogP contribution in [0.2, 0.25) is 0 Å². The lowest BCUT2D eigenvalue weighted by atomic mass is 10.2. The van der Waals surface area contributed by atoms with Crippen LogP contribution in [0, 0.1) is 0 Å². The van der Waals surface area contributed by atoms with E-state index in [4.69, 9.17) is 16.3 Å². The minimum atomic E-state index is 0.572. The van der Waals surface area contributed by atoms with Crippen molar-refractivity contribution in [3.05, 3.63) is 35.9 Å². The quantitative estimate of drug-likeness (QED) is 0.524. The van der Waals surface area contributed by atoms with Gasteiger partial charge in [0.2, 0.25) is 0 Å². The van der Waals surface area contributed by atoms with Crippen LogP contribution in [0.4, 0.5) is 0 Å². The van der Waals surface area contributed by atoms with Crippen LogP contribution in [0.5, 0.6) is 0 Å². The second-order valence-corrected chi connectivity index (χ2v) is 3.90. The lowest BCUT2D eigenvalue weighted by molar-refractivity contribution is 0.122. The maximum atomic E-state index is 5.51. The molecule has 0 aromatic heterocycles. The number of halogens is 1. The van der Waals surface area contributed by atoms with E-state index >= 15 is 0 Å². The van der Waals surface area contributed by atoms with Crippen molar-refractivity contribution in [3.8, 4) is 0 Å². The van der Waals surface area contributed by atoms with E-state index in [1.54, 1.807) is 0 Å². The van der Waals surface area contributed by atoms with Crippen LogP contribution in [0.25, 0.3) is 0 Å². The smallest absolute Gasteiger partial charge is 0.0602 e. The summed E-state index contributed by atoms with van der Waals surface area (Å²) in [5, 5.41) is 0. The molecular weight excluding hydrogens is 210 g/mol. The minimum Gasteiger partial charge on any atom is -0.379 e. The molecule has 0 saturated heterocycles. The molecule has 0 saturated carbocycles. The fourth-order valence-corrected chi connectivity index (χ4v) is 1.46. The van der Waals surface area contributed by atoms with Crippen LogP contribution < -0.4 is 0 Å². The van der Waals surface area contributed by atoms with Gasteiger partial charge in [-0.15, -0.1) is 11.6 Å². The predicted octanol–water partition coefficient (Wildman–Crippen LogP) is 2.37. The molecule has 0 amide bonds. The van der Waals surface area contributed by atoms with Gasteiger partial charge in [0, 0.05) is 19.0 Å². The largest absolute Gasteiger partial charge is 0.379 e. The van der Waals surface area contributed by atoms with Crippen molar-refractivity contribution in [1.29, 1.82) is 0 Å². The van der Waals surface area contributed by atoms with Crippen LogP contribution in [-0.2, 0) is 11.3 Å². The number of rotatable bonds is 7. The van der Waals surface area contributed by atoms with E-state index in [9.17, 15) is 0 Å². The van der Waals surface area contributed by atoms with E-state index in [0.29, 0.717) is 12.5 Å². The molecule has 15 heavy (non-hydrogen) atoms. The van der Waals surface area contributed by atoms with Crippen molar-refractivity contribution < 1.29 is 4.74 Å². The van der Waals surface area contributed by atoms with Crippen molar-refractivity contribution in [2.75, 3.05) is 32.7 Å². The van der Waals surface area contributed by atoms with Gasteiger partial charge in [0.05, 0.1) is 13.2 Å². The number of hydrogen-bond acceptors (Lipinski definition) is 2. The monoisotopic (exact) mass is 227 g/mol. The van der Waals surface area contributed by atoms with Crippen molar-refractivity contribution >= 4 is 11.6 Å². The van der Waals surface area contributed by atoms with E-state index in [1.807, 2.05) is 6.07 Å². The molecule has 84 valence electrons. The third-order valence-corrected chi connectivity index (χ3v) is 2.29. The minimum absolute atomic E-state index is 0.572. The molecule has 3 heteroatoms. The molecule has 0 fully saturated rings. The Labute approximate surface area is 96.8 Å². The maximum Gasteiger partial charge on any atom is 0.0602 e. The topological polar surface area (TPSA) is 12.5 Å². The molecular formula is C12H18ClNO. The zero-order valence-corrected chi connectivity index (χ0v) is 9.91. The van der Waals surface area contributed by atoms with Gasteiger partial charge in [-0.1, -0.05) is 30.3 Å². The third-order valence-electron chi connectivity index (χ3n) is 2.13. The average molecular weight is 228 g/mol. The SMILES string of the molecule is CN(CCOCCCl)Cc1ccccc1. The molecule has 1 aromatic carbocycles. The third kappa shape index (κ3) is 5.78. The summed E-state index contributed by atoms with van der Waals surface area (Å²) in [6.45, 7) is 3.29. The van der Waals surface area contributed by atoms with Gasteiger partial charge in [-0.05, 0) is 12.6 Å². The molecule has 0 aliphatic carbocycles. The number of alkyl halides is 1. The van der Waals surface area contributed by atoms with Crippen molar-refractivity contribution in [2.24, 2.45) is 0 Å². The van der Waals surface area contributed by atoms with E-state index in [0.717, 1.165) is 19.7 Å². The standard InChI is InChI=1S/C12H18ClNO/c1-14(8-10-15-9-7-13)11-12-5-3-2-4-6-12/h2-6H,7-11H2,1H3. The molecule has 0 aliphatic heterocycles. The van der Waals surface area contributed by atoms with Crippen molar-refractivity contribution in [2.45, 2.75) is 6.54 Å². The molecule has 0 atom stereocenters. The molecule has 0 bridgehead atoms. The molecule has 2 nitrogen and oxygen atoms in total. The molecule has 0 N–H and O–H groups in total. The van der Waals surface area contributed by atoms with Gasteiger partial charge >= 0.3 is 0 Å². The zero-order valence-electron chi connectivity index (χ0n) is 9.16. The maximum absolute atomic E-state index is 5.51. The van der Waals surface area contributed by atoms with Crippen LogP contribution in [-0.4, -0.2) is 37.6 Å². The molecule has 0 unspecified atom stereocenters. The zero-order chi connectivity index (χ0) is 10.9. The number of hydrogen-bond donors (Lipinski definition) is 0. The second kappa shape index (κ2) is 7.69. The van der Waals surface area contributed by atoms with E-state index < -0.39 is 0 Å². The average Bonchev–Trinajstić information content (AvgIpc) is 2.26. The Bertz CT molecular complexity index is 253. The molecule has 1 aromatic rings. The van der Waals surface area contributed by atoms with Gasteiger partial charge in [-0.3, -0.25) is 4.90 Å². The number of nitrogens with zero attached hydrogens (tertiary/aromatic N) is 1. The Balaban J connectivity index is 2.16. The summed E-state index contributed by atoms with van der Waals surface area (Å²) in [5.74, 6) is 0.572. The number of likely N-dealkylation sites (N-methyl/N-ethyl adjacent to an activating group) is 1. The Kier molecular flexibility index (Phi) is 6.41. The van der Waals surface area contributed by atoms with E-state index in [2.05, 4.69) is 36.2 Å². The molecule has 0 radical (unpaired) electrons. The molecule has 0 spiro atoms. The Morgan fingerprint density at radius 2 is 1.93 bits per heavy atom. The predicted molar refractivity (Wildman–Crippen MR) is 64.3 cm³/mol. The molecule has 0 heterocycles. The lowest BCUT2D eigenvalue weighted by Crippen LogP contribution is -2.23. The Morgan fingerprint density at radius 1 is 1.20 bits per heavy atom. The first-order valence-electron chi connectivity index (χ1n) is 5.19. The van der Waals surface area contributed by atoms with Crippen molar-refractivity contribution in [1.82, 2.24) is 4.90 Å². The summed E-state index contributed by atoms with van der Waals surface area (Å²) in [7, 11) is 2.09. The van der Waals surface area contributed by atoms with Gasteiger partial charge in [-0.25, -0.2) is 0 Å². The first-order valence-corrected chi connectivity index (χ1v) is 5.72. The highest BCUT2D eigenvalue weighted by Crippen LogP contribution is 2.01. The number of benzene rings is 1. The summed E-state index contributed by atoms with van der Waals surface area (Å²) < 4.78 is 5.32. The summed E-state index contributed by atoms with van der Waals surface area (Å²) >= 11 is 5.51. The summed E-state index contributed by atoms with van der Waals surface area (Å²) in [4.78, 5) is 2.24. The van der Waals surface area contributed by atoms with E-state index in [1.165, 1.54) is 5.56 Å². The fraction of sp³-hybridized carbons (Fsp3) is 0.500. The van der Waals surface area contributed by atoms with E-state index in [-0.39, 0.29) is 0 Å². The lowest BCUT2D eigenvalue weighted by Gasteiger charge is -2.16. The Hall–Kier alpha value is -0.570. The summed E-state index contributed by atoms with van der Waals surface area (Å²) in [6.07, 6.45) is 0. The molecule has 0 aliphatic rings. The van der Waals surface area contributed by atoms with Gasteiger partial charge in [0.1, 0.15) is 0 Å². The van der Waals surface area contributed by atoms with Crippen LogP contribution >= 0.6 is 11.6 Å². The summed E-state index contributed by atoms with van der Waals surface area (Å²) in [5.41, 5.74) is 1.33. The highest BCUT2D eigenvalue weighted by Gasteiger charge is 1.99. The first kappa shape index (κ1) is 12.5. The van der Waals surface area contributed by atoms with Gasteiger partial charge in [-0.2, -0.15) is 0 Å². The highest BCUT2D eigenvalue weighted by atomic mass is 35.5. The fourth-order valence-electron chi connectivity index (χ4n) is 1.35. The van der Waals surface area contributed by atoms with Crippen LogP contribution in [0.1, 0.15) is 5.56 Å². The van der Waals surface area contributed by atoms with Gasteiger partial charge in [0.25, 0.3) is 0 Å².